The molecule has 2 aromatic rings. The molecule has 0 spiro atoms. The average molecular weight is 348 g/mol. The summed E-state index contributed by atoms with van der Waals surface area (Å²) in [6, 6.07) is 0.128. The topological polar surface area (TPSA) is 72.1 Å². The van der Waals surface area contributed by atoms with E-state index in [4.69, 9.17) is 4.52 Å². The van der Waals surface area contributed by atoms with Gasteiger partial charge in [0, 0.05) is 36.9 Å². The van der Waals surface area contributed by atoms with Crippen molar-refractivity contribution in [3.05, 3.63) is 27.8 Å². The van der Waals surface area contributed by atoms with Crippen LogP contribution in [0, 0.1) is 6.92 Å². The molecule has 0 unspecified atom stereocenters. The number of hydrogen-bond donors (Lipinski definition) is 0. The highest BCUT2D eigenvalue weighted by Gasteiger charge is 2.29. The summed E-state index contributed by atoms with van der Waals surface area (Å²) in [5, 5.41) is 7.06. The number of carbonyl (C=O) groups excluding carboxylic acids is 1. The molecule has 0 aromatic carbocycles. The highest BCUT2D eigenvalue weighted by Crippen LogP contribution is 2.33. The predicted octanol–water partition coefficient (Wildman–Crippen LogP) is 3.47. The fourth-order valence-corrected chi connectivity index (χ4v) is 4.03. The van der Waals surface area contributed by atoms with Crippen LogP contribution in [-0.2, 0) is 17.6 Å². The van der Waals surface area contributed by atoms with Crippen molar-refractivity contribution in [2.24, 2.45) is 0 Å². The molecule has 0 aliphatic carbocycles. The Morgan fingerprint density at radius 3 is 3.00 bits per heavy atom. The first kappa shape index (κ1) is 17.1. The lowest BCUT2D eigenvalue weighted by Crippen LogP contribution is -2.38. The Kier molecular flexibility index (Phi) is 5.60. The molecule has 3 heterocycles. The first-order valence-corrected chi connectivity index (χ1v) is 9.58. The second-order valence-corrected chi connectivity index (χ2v) is 7.17. The summed E-state index contributed by atoms with van der Waals surface area (Å²) in [6.07, 6.45) is 5.94. The van der Waals surface area contributed by atoms with Gasteiger partial charge in [0.05, 0.1) is 6.04 Å². The third kappa shape index (κ3) is 4.01. The molecular weight excluding hydrogens is 324 g/mol. The molecule has 1 saturated heterocycles. The van der Waals surface area contributed by atoms with E-state index in [0.717, 1.165) is 55.2 Å². The van der Waals surface area contributed by atoms with Crippen molar-refractivity contribution in [1.29, 1.82) is 0 Å². The number of rotatable bonds is 6. The van der Waals surface area contributed by atoms with Crippen LogP contribution in [0.1, 0.15) is 67.5 Å². The maximum atomic E-state index is 12.7. The van der Waals surface area contributed by atoms with Crippen molar-refractivity contribution >= 4 is 17.2 Å². The fraction of sp³-hybridized carbons (Fsp3) is 0.647. The Morgan fingerprint density at radius 2 is 2.25 bits per heavy atom. The van der Waals surface area contributed by atoms with E-state index in [9.17, 15) is 4.79 Å². The average Bonchev–Trinajstić information content (AvgIpc) is 3.22. The Bertz CT molecular complexity index is 682. The molecule has 0 bridgehead atoms. The minimum atomic E-state index is 0.128. The van der Waals surface area contributed by atoms with Gasteiger partial charge in [-0.1, -0.05) is 12.1 Å². The lowest BCUT2D eigenvalue weighted by molar-refractivity contribution is -0.135. The summed E-state index contributed by atoms with van der Waals surface area (Å²) in [4.78, 5) is 23.6. The summed E-state index contributed by atoms with van der Waals surface area (Å²) in [7, 11) is 0. The largest absolute Gasteiger partial charge is 0.339 e. The van der Waals surface area contributed by atoms with Crippen LogP contribution >= 0.6 is 11.3 Å². The maximum absolute atomic E-state index is 12.7. The van der Waals surface area contributed by atoms with E-state index in [2.05, 4.69) is 27.4 Å². The predicted molar refractivity (Wildman–Crippen MR) is 91.8 cm³/mol. The molecule has 1 aliphatic rings. The SMILES string of the molecule is CCCc1noc(CCC(=O)N2CCCC[C@@H]2c2nc(C)cs2)n1. The number of likely N-dealkylation sites (tertiary alicyclic amines) is 1. The van der Waals surface area contributed by atoms with Crippen LogP contribution in [-0.4, -0.2) is 32.5 Å². The molecule has 6 nitrogen and oxygen atoms in total. The Balaban J connectivity index is 1.61. The molecular formula is C17H24N4O2S. The van der Waals surface area contributed by atoms with Crippen LogP contribution in [0.5, 0.6) is 0 Å². The number of thiazole rings is 1. The van der Waals surface area contributed by atoms with E-state index in [0.29, 0.717) is 18.7 Å². The second-order valence-electron chi connectivity index (χ2n) is 6.28. The summed E-state index contributed by atoms with van der Waals surface area (Å²) < 4.78 is 5.23. The van der Waals surface area contributed by atoms with Crippen LogP contribution in [0.25, 0.3) is 0 Å². The molecule has 0 saturated carbocycles. The van der Waals surface area contributed by atoms with Crippen molar-refractivity contribution in [2.45, 2.75) is 64.8 Å². The second kappa shape index (κ2) is 7.88. The Morgan fingerprint density at radius 1 is 1.38 bits per heavy atom. The minimum absolute atomic E-state index is 0.128. The van der Waals surface area contributed by atoms with Gasteiger partial charge in [-0.3, -0.25) is 4.79 Å². The van der Waals surface area contributed by atoms with Crippen molar-refractivity contribution < 1.29 is 9.32 Å². The molecule has 7 heteroatoms. The van der Waals surface area contributed by atoms with Gasteiger partial charge in [-0.15, -0.1) is 11.3 Å². The first-order valence-electron chi connectivity index (χ1n) is 8.70. The van der Waals surface area contributed by atoms with Crippen molar-refractivity contribution in [2.75, 3.05) is 6.54 Å². The zero-order chi connectivity index (χ0) is 16.9. The molecule has 0 radical (unpaired) electrons. The van der Waals surface area contributed by atoms with E-state index in [1.165, 1.54) is 0 Å². The Hall–Kier alpha value is -1.76. The Labute approximate surface area is 146 Å². The van der Waals surface area contributed by atoms with Crippen LogP contribution in [0.2, 0.25) is 0 Å². The minimum Gasteiger partial charge on any atom is -0.339 e. The van der Waals surface area contributed by atoms with E-state index >= 15 is 0 Å². The molecule has 1 aliphatic heterocycles. The van der Waals surface area contributed by atoms with Gasteiger partial charge in [-0.25, -0.2) is 4.98 Å². The van der Waals surface area contributed by atoms with Crippen molar-refractivity contribution in [1.82, 2.24) is 20.0 Å². The van der Waals surface area contributed by atoms with Gasteiger partial charge >= 0.3 is 0 Å². The summed E-state index contributed by atoms with van der Waals surface area (Å²) in [5.41, 5.74) is 1.03. The van der Waals surface area contributed by atoms with Crippen LogP contribution in [0.3, 0.4) is 0 Å². The van der Waals surface area contributed by atoms with Crippen LogP contribution in [0.15, 0.2) is 9.90 Å². The highest BCUT2D eigenvalue weighted by molar-refractivity contribution is 7.09. The van der Waals surface area contributed by atoms with Crippen LogP contribution < -0.4 is 0 Å². The number of amides is 1. The van der Waals surface area contributed by atoms with Gasteiger partial charge in [0.25, 0.3) is 0 Å². The lowest BCUT2D eigenvalue weighted by Gasteiger charge is -2.34. The molecule has 1 fully saturated rings. The van der Waals surface area contributed by atoms with Crippen LogP contribution in [0.4, 0.5) is 0 Å². The molecule has 1 atom stereocenters. The standard InChI is InChI=1S/C17H24N4O2S/c1-3-6-14-19-15(23-20-14)8-9-16(22)21-10-5-4-7-13(21)17-18-12(2)11-24-17/h11,13H,3-10H2,1-2H3/t13-/m1/s1. The molecule has 2 aromatic heterocycles. The molecule has 3 rings (SSSR count). The summed E-state index contributed by atoms with van der Waals surface area (Å²) in [6.45, 7) is 4.89. The number of aromatic nitrogens is 3. The van der Waals surface area contributed by atoms with Gasteiger partial charge in [0.1, 0.15) is 5.01 Å². The maximum Gasteiger partial charge on any atom is 0.227 e. The highest BCUT2D eigenvalue weighted by atomic mass is 32.1. The number of piperidine rings is 1. The van der Waals surface area contributed by atoms with Crippen molar-refractivity contribution in [3.8, 4) is 0 Å². The zero-order valence-corrected chi connectivity index (χ0v) is 15.1. The van der Waals surface area contributed by atoms with Gasteiger partial charge in [-0.05, 0) is 32.6 Å². The fourth-order valence-electron chi connectivity index (χ4n) is 3.09. The summed E-state index contributed by atoms with van der Waals surface area (Å²) in [5.74, 6) is 1.45. The third-order valence-electron chi connectivity index (χ3n) is 4.28. The van der Waals surface area contributed by atoms with E-state index in [-0.39, 0.29) is 11.9 Å². The quantitative estimate of drug-likeness (QED) is 0.799. The van der Waals surface area contributed by atoms with Gasteiger partial charge in [0.2, 0.25) is 11.8 Å². The van der Waals surface area contributed by atoms with Gasteiger partial charge < -0.3 is 9.42 Å². The molecule has 24 heavy (non-hydrogen) atoms. The smallest absolute Gasteiger partial charge is 0.227 e. The number of aryl methyl sites for hydroxylation is 3. The van der Waals surface area contributed by atoms with E-state index < -0.39 is 0 Å². The molecule has 0 N–H and O–H groups in total. The molecule has 130 valence electrons. The summed E-state index contributed by atoms with van der Waals surface area (Å²) >= 11 is 1.65. The van der Waals surface area contributed by atoms with Gasteiger partial charge in [-0.2, -0.15) is 4.98 Å². The van der Waals surface area contributed by atoms with Gasteiger partial charge in [0.15, 0.2) is 5.82 Å². The first-order chi connectivity index (χ1) is 11.7. The zero-order valence-electron chi connectivity index (χ0n) is 14.3. The third-order valence-corrected chi connectivity index (χ3v) is 5.35. The van der Waals surface area contributed by atoms with Crippen molar-refractivity contribution in [3.63, 3.8) is 0 Å². The number of hydrogen-bond acceptors (Lipinski definition) is 6. The lowest BCUT2D eigenvalue weighted by atomic mass is 10.0. The van der Waals surface area contributed by atoms with E-state index in [1.807, 2.05) is 11.8 Å². The number of nitrogens with zero attached hydrogens (tertiary/aromatic N) is 4. The monoisotopic (exact) mass is 348 g/mol. The number of carbonyl (C=O) groups is 1. The normalized spacial score (nSPS) is 18.1. The molecule has 1 amide bonds. The van der Waals surface area contributed by atoms with E-state index in [1.54, 1.807) is 11.3 Å².